The van der Waals surface area contributed by atoms with Gasteiger partial charge in [0.15, 0.2) is 11.5 Å². The maximum Gasteiger partial charge on any atom is 0.262 e. The Morgan fingerprint density at radius 3 is 2.49 bits per heavy atom. The second kappa shape index (κ2) is 13.1. The Morgan fingerprint density at radius 2 is 1.81 bits per heavy atom. The van der Waals surface area contributed by atoms with Crippen molar-refractivity contribution in [2.75, 3.05) is 7.11 Å². The molecule has 194 valence electrons. The highest BCUT2D eigenvalue weighted by Crippen LogP contribution is 2.28. The van der Waals surface area contributed by atoms with Crippen molar-refractivity contribution in [3.63, 3.8) is 0 Å². The van der Waals surface area contributed by atoms with Gasteiger partial charge in [0.05, 0.1) is 23.9 Å². The third-order valence-electron chi connectivity index (χ3n) is 5.46. The van der Waals surface area contributed by atoms with E-state index >= 15 is 0 Å². The normalized spacial score (nSPS) is 11.9. The predicted octanol–water partition coefficient (Wildman–Crippen LogP) is 5.79. The number of hydrazone groups is 1. The first-order valence-electron chi connectivity index (χ1n) is 11.6. The van der Waals surface area contributed by atoms with Crippen molar-refractivity contribution in [1.82, 2.24) is 10.7 Å². The smallest absolute Gasteiger partial charge is 0.262 e. The summed E-state index contributed by atoms with van der Waals surface area (Å²) in [6.45, 7) is 6.07. The van der Waals surface area contributed by atoms with E-state index in [1.54, 1.807) is 31.4 Å². The highest BCUT2D eigenvalue weighted by Gasteiger charge is 2.25. The van der Waals surface area contributed by atoms with Gasteiger partial charge in [-0.1, -0.05) is 66.9 Å². The highest BCUT2D eigenvalue weighted by molar-refractivity contribution is 6.36. The summed E-state index contributed by atoms with van der Waals surface area (Å²) in [5.74, 6) is -0.0147. The van der Waals surface area contributed by atoms with E-state index < -0.39 is 17.9 Å². The first-order chi connectivity index (χ1) is 17.7. The summed E-state index contributed by atoms with van der Waals surface area (Å²) < 4.78 is 11.4. The van der Waals surface area contributed by atoms with Crippen LogP contribution in [-0.4, -0.2) is 31.2 Å². The Hall–Kier alpha value is -3.55. The van der Waals surface area contributed by atoms with Crippen LogP contribution in [0.3, 0.4) is 0 Å². The van der Waals surface area contributed by atoms with Crippen LogP contribution in [0.4, 0.5) is 0 Å². The van der Waals surface area contributed by atoms with Crippen LogP contribution in [0.25, 0.3) is 0 Å². The number of benzene rings is 3. The highest BCUT2D eigenvalue weighted by atomic mass is 35.5. The quantitative estimate of drug-likeness (QED) is 0.251. The molecule has 0 aromatic heterocycles. The average molecular weight is 542 g/mol. The van der Waals surface area contributed by atoms with Gasteiger partial charge in [0.25, 0.3) is 11.8 Å². The van der Waals surface area contributed by atoms with Crippen molar-refractivity contribution >= 4 is 41.2 Å². The molecule has 1 atom stereocenters. The van der Waals surface area contributed by atoms with Crippen LogP contribution in [-0.2, 0) is 11.4 Å². The lowest BCUT2D eigenvalue weighted by Crippen LogP contribution is -2.48. The van der Waals surface area contributed by atoms with Gasteiger partial charge < -0.3 is 14.8 Å². The number of nitrogens with one attached hydrogen (secondary N) is 2. The molecular formula is C28H29Cl2N3O4. The molecule has 1 unspecified atom stereocenters. The first kappa shape index (κ1) is 28.0. The lowest BCUT2D eigenvalue weighted by atomic mass is 10.0. The largest absolute Gasteiger partial charge is 0.493 e. The van der Waals surface area contributed by atoms with Crippen LogP contribution in [0.2, 0.25) is 10.0 Å². The molecule has 2 amide bonds. The molecule has 0 saturated carbocycles. The zero-order valence-corrected chi connectivity index (χ0v) is 22.6. The number of nitrogens with zero attached hydrogens (tertiary/aromatic N) is 1. The molecule has 0 heterocycles. The lowest BCUT2D eigenvalue weighted by Gasteiger charge is -2.20. The fourth-order valence-corrected chi connectivity index (χ4v) is 4.01. The second-order valence-electron chi connectivity index (χ2n) is 8.74. The van der Waals surface area contributed by atoms with E-state index in [1.165, 1.54) is 18.3 Å². The Bertz CT molecular complexity index is 1290. The van der Waals surface area contributed by atoms with Crippen molar-refractivity contribution < 1.29 is 19.1 Å². The van der Waals surface area contributed by atoms with E-state index in [-0.39, 0.29) is 16.5 Å². The number of hydrogen-bond acceptors (Lipinski definition) is 5. The molecule has 0 spiro atoms. The monoisotopic (exact) mass is 541 g/mol. The van der Waals surface area contributed by atoms with Gasteiger partial charge in [-0.15, -0.1) is 0 Å². The minimum absolute atomic E-state index is 0.199. The second-order valence-corrected chi connectivity index (χ2v) is 9.59. The molecule has 7 nitrogen and oxygen atoms in total. The third-order valence-corrected chi connectivity index (χ3v) is 6.01. The molecule has 3 aromatic rings. The first-order valence-corrected chi connectivity index (χ1v) is 12.4. The minimum atomic E-state index is -0.830. The molecule has 0 aliphatic heterocycles. The van der Waals surface area contributed by atoms with Gasteiger partial charge in [-0.2, -0.15) is 5.10 Å². The number of carbonyl (C=O) groups is 2. The number of methoxy groups -OCH3 is 1. The Kier molecular flexibility index (Phi) is 9.94. The number of hydrogen-bond donors (Lipinski definition) is 2. The van der Waals surface area contributed by atoms with E-state index in [9.17, 15) is 9.59 Å². The molecule has 3 rings (SSSR count). The Balaban J connectivity index is 1.62. The number of carbonyl (C=O) groups excluding carboxylic acids is 2. The maximum atomic E-state index is 12.8. The zero-order valence-electron chi connectivity index (χ0n) is 21.0. The van der Waals surface area contributed by atoms with Gasteiger partial charge >= 0.3 is 0 Å². The number of amides is 2. The lowest BCUT2D eigenvalue weighted by molar-refractivity contribution is -0.123. The summed E-state index contributed by atoms with van der Waals surface area (Å²) in [4.78, 5) is 25.4. The van der Waals surface area contributed by atoms with Crippen molar-refractivity contribution in [2.45, 2.75) is 33.4 Å². The molecule has 0 bridgehead atoms. The zero-order chi connectivity index (χ0) is 26.9. The van der Waals surface area contributed by atoms with Crippen LogP contribution in [0.5, 0.6) is 11.5 Å². The number of halogens is 2. The van der Waals surface area contributed by atoms with Gasteiger partial charge in [0.2, 0.25) is 0 Å². The molecule has 0 aliphatic carbocycles. The summed E-state index contributed by atoms with van der Waals surface area (Å²) in [7, 11) is 1.56. The molecule has 9 heteroatoms. The predicted molar refractivity (Wildman–Crippen MR) is 147 cm³/mol. The fraction of sp³-hybridized carbons (Fsp3) is 0.250. The number of rotatable bonds is 10. The number of ether oxygens (including phenoxy) is 2. The molecule has 3 aromatic carbocycles. The van der Waals surface area contributed by atoms with Crippen molar-refractivity contribution in [3.05, 3.63) is 93.0 Å². The van der Waals surface area contributed by atoms with Gasteiger partial charge in [0.1, 0.15) is 12.6 Å². The summed E-state index contributed by atoms with van der Waals surface area (Å²) in [5.41, 5.74) is 5.62. The number of aryl methyl sites for hydroxylation is 1. The van der Waals surface area contributed by atoms with E-state index in [1.807, 2.05) is 39.0 Å². The van der Waals surface area contributed by atoms with Gasteiger partial charge in [-0.25, -0.2) is 5.43 Å². The molecular weight excluding hydrogens is 513 g/mol. The Labute approximate surface area is 226 Å². The average Bonchev–Trinajstić information content (AvgIpc) is 2.86. The van der Waals surface area contributed by atoms with Crippen LogP contribution in [0, 0.1) is 12.8 Å². The van der Waals surface area contributed by atoms with Crippen molar-refractivity contribution in [3.8, 4) is 11.5 Å². The van der Waals surface area contributed by atoms with Crippen LogP contribution < -0.4 is 20.2 Å². The minimum Gasteiger partial charge on any atom is -0.493 e. The van der Waals surface area contributed by atoms with Crippen LogP contribution in [0.15, 0.2) is 65.8 Å². The van der Waals surface area contributed by atoms with E-state index in [2.05, 4.69) is 21.9 Å². The summed E-state index contributed by atoms with van der Waals surface area (Å²) in [6, 6.07) is 17.1. The van der Waals surface area contributed by atoms with E-state index in [4.69, 9.17) is 32.7 Å². The molecule has 0 radical (unpaired) electrons. The van der Waals surface area contributed by atoms with E-state index in [0.29, 0.717) is 28.7 Å². The summed E-state index contributed by atoms with van der Waals surface area (Å²) >= 11 is 12.0. The van der Waals surface area contributed by atoms with Crippen LogP contribution >= 0.6 is 23.2 Å². The van der Waals surface area contributed by atoms with Crippen molar-refractivity contribution in [2.24, 2.45) is 11.0 Å². The molecule has 0 saturated heterocycles. The maximum absolute atomic E-state index is 12.8. The Morgan fingerprint density at radius 1 is 1.03 bits per heavy atom. The van der Waals surface area contributed by atoms with Gasteiger partial charge in [-0.3, -0.25) is 9.59 Å². The van der Waals surface area contributed by atoms with Crippen LogP contribution in [0.1, 0.15) is 40.9 Å². The molecule has 2 N–H and O–H groups in total. The van der Waals surface area contributed by atoms with E-state index in [0.717, 1.165) is 11.1 Å². The molecule has 37 heavy (non-hydrogen) atoms. The van der Waals surface area contributed by atoms with Crippen molar-refractivity contribution in [1.29, 1.82) is 0 Å². The third kappa shape index (κ3) is 7.97. The summed E-state index contributed by atoms with van der Waals surface area (Å²) in [6.07, 6.45) is 1.49. The standard InChI is InChI=1S/C28H29Cl2N3O4/c1-17(2)26(32-27(34)22-10-9-21(29)14-23(22)30)28(35)33-31-15-19-8-11-24(25(13-19)36-4)37-16-20-7-5-6-18(3)12-20/h5-15,17,26H,16H2,1-4H3,(H,32,34)(H,33,35). The fourth-order valence-electron chi connectivity index (χ4n) is 3.51. The molecule has 0 aliphatic rings. The summed E-state index contributed by atoms with van der Waals surface area (Å²) in [5, 5.41) is 7.37. The van der Waals surface area contributed by atoms with Gasteiger partial charge in [-0.05, 0) is 60.4 Å². The van der Waals surface area contributed by atoms with Gasteiger partial charge in [0, 0.05) is 5.02 Å². The topological polar surface area (TPSA) is 89.0 Å². The molecule has 0 fully saturated rings. The SMILES string of the molecule is COc1cc(C=NNC(=O)C(NC(=O)c2ccc(Cl)cc2Cl)C(C)C)ccc1OCc1cccc(C)c1.